The zero-order valence-electron chi connectivity index (χ0n) is 17.4. The van der Waals surface area contributed by atoms with Gasteiger partial charge in [0, 0.05) is 16.8 Å². The summed E-state index contributed by atoms with van der Waals surface area (Å²) in [6.07, 6.45) is 0. The number of amides is 1. The van der Waals surface area contributed by atoms with Crippen LogP contribution in [-0.4, -0.2) is 32.2 Å². The highest BCUT2D eigenvalue weighted by Gasteiger charge is 2.16. The maximum Gasteiger partial charge on any atom is 0.255 e. The van der Waals surface area contributed by atoms with Gasteiger partial charge in [-0.15, -0.1) is 0 Å². The number of fused-ring (bicyclic) bond motifs is 1. The van der Waals surface area contributed by atoms with E-state index in [0.717, 1.165) is 0 Å². The number of nitrogens with one attached hydrogen (secondary N) is 1. The third-order valence-corrected chi connectivity index (χ3v) is 5.30. The van der Waals surface area contributed by atoms with Crippen LogP contribution in [-0.2, 0) is 0 Å². The van der Waals surface area contributed by atoms with Crippen LogP contribution in [0.15, 0.2) is 52.9 Å². The number of anilines is 1. The lowest BCUT2D eigenvalue weighted by atomic mass is 10.1. The fourth-order valence-electron chi connectivity index (χ4n) is 3.19. The number of halogens is 2. The Morgan fingerprint density at radius 2 is 1.62 bits per heavy atom. The predicted molar refractivity (Wildman–Crippen MR) is 124 cm³/mol. The van der Waals surface area contributed by atoms with Gasteiger partial charge in [-0.25, -0.2) is 4.98 Å². The van der Waals surface area contributed by atoms with Crippen molar-refractivity contribution in [2.45, 2.75) is 0 Å². The number of benzene rings is 3. The van der Waals surface area contributed by atoms with E-state index < -0.39 is 0 Å². The summed E-state index contributed by atoms with van der Waals surface area (Å²) in [5.74, 6) is 1.43. The molecule has 0 aliphatic heterocycles. The maximum atomic E-state index is 12.7. The van der Waals surface area contributed by atoms with E-state index in [4.69, 9.17) is 41.8 Å². The molecule has 0 fully saturated rings. The topological polar surface area (TPSA) is 82.8 Å². The molecule has 0 radical (unpaired) electrons. The van der Waals surface area contributed by atoms with Crippen molar-refractivity contribution in [3.8, 4) is 28.7 Å². The second kappa shape index (κ2) is 8.98. The molecule has 0 aliphatic rings. The van der Waals surface area contributed by atoms with Crippen molar-refractivity contribution in [1.29, 1.82) is 0 Å². The molecule has 1 amide bonds. The molecule has 0 bridgehead atoms. The van der Waals surface area contributed by atoms with Gasteiger partial charge < -0.3 is 23.9 Å². The molecule has 9 heteroatoms. The van der Waals surface area contributed by atoms with Crippen molar-refractivity contribution in [3.63, 3.8) is 0 Å². The number of carbonyl (C=O) groups excluding carboxylic acids is 1. The minimum atomic E-state index is -0.303. The molecule has 4 rings (SSSR count). The Kier molecular flexibility index (Phi) is 6.12. The van der Waals surface area contributed by atoms with Gasteiger partial charge in [0.25, 0.3) is 5.91 Å². The summed E-state index contributed by atoms with van der Waals surface area (Å²) in [5.41, 5.74) is 2.70. The molecule has 0 aliphatic carbocycles. The first-order valence-electron chi connectivity index (χ1n) is 9.41. The highest BCUT2D eigenvalue weighted by molar-refractivity contribution is 6.37. The molecule has 3 aromatic carbocycles. The monoisotopic (exact) mass is 472 g/mol. The molecule has 32 heavy (non-hydrogen) atoms. The van der Waals surface area contributed by atoms with Gasteiger partial charge in [-0.05, 0) is 48.5 Å². The molecule has 0 atom stereocenters. The van der Waals surface area contributed by atoms with Crippen LogP contribution in [0.3, 0.4) is 0 Å². The van der Waals surface area contributed by atoms with Gasteiger partial charge in [0.05, 0.1) is 31.4 Å². The smallest absolute Gasteiger partial charge is 0.255 e. The number of methoxy groups -OCH3 is 3. The van der Waals surface area contributed by atoms with E-state index in [1.165, 1.54) is 21.3 Å². The number of hydrogen-bond acceptors (Lipinski definition) is 6. The Bertz CT molecular complexity index is 1300. The molecule has 4 aromatic rings. The molecule has 0 saturated carbocycles. The Morgan fingerprint density at radius 3 is 2.28 bits per heavy atom. The van der Waals surface area contributed by atoms with Crippen LogP contribution in [0.4, 0.5) is 5.69 Å². The van der Waals surface area contributed by atoms with Crippen LogP contribution in [0.5, 0.6) is 17.2 Å². The number of hydrogen-bond donors (Lipinski definition) is 1. The van der Waals surface area contributed by atoms with Crippen molar-refractivity contribution < 1.29 is 23.4 Å². The Labute approximate surface area is 193 Å². The first-order valence-corrected chi connectivity index (χ1v) is 10.2. The molecule has 1 heterocycles. The molecular formula is C23H18Cl2N2O5. The van der Waals surface area contributed by atoms with Crippen LogP contribution >= 0.6 is 23.2 Å². The fraction of sp³-hybridized carbons (Fsp3) is 0.130. The second-order valence-corrected chi connectivity index (χ2v) is 7.51. The van der Waals surface area contributed by atoms with E-state index in [2.05, 4.69) is 10.3 Å². The quantitative estimate of drug-likeness (QED) is 0.366. The third kappa shape index (κ3) is 4.17. The van der Waals surface area contributed by atoms with E-state index in [1.807, 2.05) is 0 Å². The van der Waals surface area contributed by atoms with Gasteiger partial charge >= 0.3 is 0 Å². The summed E-state index contributed by atoms with van der Waals surface area (Å²) < 4.78 is 21.5. The second-order valence-electron chi connectivity index (χ2n) is 6.70. The maximum absolute atomic E-state index is 12.7. The lowest BCUT2D eigenvalue weighted by molar-refractivity contribution is 0.102. The van der Waals surface area contributed by atoms with E-state index in [-0.39, 0.29) is 5.91 Å². The number of rotatable bonds is 6. The number of oxazole rings is 1. The average Bonchev–Trinajstić information content (AvgIpc) is 3.21. The Hall–Kier alpha value is -3.42. The first-order chi connectivity index (χ1) is 15.4. The van der Waals surface area contributed by atoms with Gasteiger partial charge in [0.2, 0.25) is 5.89 Å². The Balaban J connectivity index is 1.60. The molecule has 0 spiro atoms. The van der Waals surface area contributed by atoms with E-state index >= 15 is 0 Å². The molecular weight excluding hydrogens is 455 g/mol. The van der Waals surface area contributed by atoms with Crippen LogP contribution in [0.25, 0.3) is 22.6 Å². The minimum absolute atomic E-state index is 0.303. The van der Waals surface area contributed by atoms with Crippen LogP contribution < -0.4 is 19.5 Å². The molecule has 1 aromatic heterocycles. The fourth-order valence-corrected chi connectivity index (χ4v) is 3.83. The third-order valence-electron chi connectivity index (χ3n) is 4.74. The summed E-state index contributed by atoms with van der Waals surface area (Å²) in [7, 11) is 4.54. The van der Waals surface area contributed by atoms with Crippen molar-refractivity contribution >= 4 is 45.9 Å². The van der Waals surface area contributed by atoms with Crippen molar-refractivity contribution in [2.75, 3.05) is 26.6 Å². The van der Waals surface area contributed by atoms with Crippen molar-refractivity contribution in [1.82, 2.24) is 4.98 Å². The van der Waals surface area contributed by atoms with E-state index in [0.29, 0.717) is 61.1 Å². The summed E-state index contributed by atoms with van der Waals surface area (Å²) >= 11 is 12.4. The molecule has 7 nitrogen and oxygen atoms in total. The number of ether oxygens (including phenoxy) is 3. The summed E-state index contributed by atoms with van der Waals surface area (Å²) in [5, 5.41) is 3.54. The van der Waals surface area contributed by atoms with E-state index in [9.17, 15) is 4.79 Å². The number of aromatic nitrogens is 1. The van der Waals surface area contributed by atoms with Crippen LogP contribution in [0.2, 0.25) is 10.0 Å². The minimum Gasteiger partial charge on any atom is -0.494 e. The van der Waals surface area contributed by atoms with Crippen LogP contribution in [0, 0.1) is 0 Å². The molecule has 0 unspecified atom stereocenters. The van der Waals surface area contributed by atoms with Crippen molar-refractivity contribution in [3.05, 3.63) is 64.1 Å². The van der Waals surface area contributed by atoms with Gasteiger partial charge in [0.15, 0.2) is 22.8 Å². The van der Waals surface area contributed by atoms with Crippen molar-refractivity contribution in [2.24, 2.45) is 0 Å². The van der Waals surface area contributed by atoms with Gasteiger partial charge in [-0.1, -0.05) is 23.2 Å². The van der Waals surface area contributed by atoms with Gasteiger partial charge in [-0.2, -0.15) is 0 Å². The highest BCUT2D eigenvalue weighted by Crippen LogP contribution is 2.38. The average molecular weight is 473 g/mol. The number of carbonyl (C=O) groups is 1. The van der Waals surface area contributed by atoms with Gasteiger partial charge in [-0.3, -0.25) is 4.79 Å². The largest absolute Gasteiger partial charge is 0.494 e. The zero-order chi connectivity index (χ0) is 22.8. The van der Waals surface area contributed by atoms with Crippen LogP contribution in [0.1, 0.15) is 10.4 Å². The Morgan fingerprint density at radius 1 is 0.906 bits per heavy atom. The standard InChI is InChI=1S/C23H18Cl2N2O5/c1-29-19-6-4-12(10-20(19)30-2)22(28)26-14-5-7-18-17(11-14)27-23(32-18)13-8-15(24)21(31-3)16(25)9-13/h4-11H,1-3H3,(H,26,28). The van der Waals surface area contributed by atoms with Gasteiger partial charge in [0.1, 0.15) is 5.52 Å². The van der Waals surface area contributed by atoms with E-state index in [1.54, 1.807) is 48.5 Å². The highest BCUT2D eigenvalue weighted by atomic mass is 35.5. The normalized spacial score (nSPS) is 10.8. The first kappa shape index (κ1) is 21.8. The summed E-state index contributed by atoms with van der Waals surface area (Å²) in [6, 6.07) is 13.4. The lowest BCUT2D eigenvalue weighted by Gasteiger charge is -2.10. The SMILES string of the molecule is COc1ccc(C(=O)Nc2ccc3oc(-c4cc(Cl)c(OC)c(Cl)c4)nc3c2)cc1OC. The molecule has 164 valence electrons. The summed E-state index contributed by atoms with van der Waals surface area (Å²) in [6.45, 7) is 0. The predicted octanol–water partition coefficient (Wildman–Crippen LogP) is 6.08. The molecule has 0 saturated heterocycles. The summed E-state index contributed by atoms with van der Waals surface area (Å²) in [4.78, 5) is 17.2. The number of nitrogens with zero attached hydrogens (tertiary/aromatic N) is 1. The zero-order valence-corrected chi connectivity index (χ0v) is 18.9. The lowest BCUT2D eigenvalue weighted by Crippen LogP contribution is -2.12. The molecule has 1 N–H and O–H groups in total.